The number of imide groups is 1. The minimum atomic E-state index is -7.59. The number of hydrogen-bond donors (Lipinski definition) is 0. The zero-order chi connectivity index (χ0) is 27.5. The molecule has 1 aliphatic rings. The van der Waals surface area contributed by atoms with Gasteiger partial charge in [-0.2, -0.15) is 47.9 Å². The summed E-state index contributed by atoms with van der Waals surface area (Å²) >= 11 is 1.32. The molecule has 2 aromatic carbocycles. The van der Waals surface area contributed by atoms with Gasteiger partial charge in [0.2, 0.25) is 0 Å². The predicted octanol–water partition coefficient (Wildman–Crippen LogP) is 5.63. The van der Waals surface area contributed by atoms with Gasteiger partial charge in [0.05, 0.1) is 11.1 Å². The van der Waals surface area contributed by atoms with Crippen molar-refractivity contribution in [1.82, 2.24) is 5.06 Å². The molecule has 0 unspecified atom stereocenters. The largest absolute Gasteiger partial charge is 0.460 e. The van der Waals surface area contributed by atoms with Gasteiger partial charge in [-0.1, -0.05) is 19.1 Å². The van der Waals surface area contributed by atoms with Crippen molar-refractivity contribution in [2.45, 2.75) is 41.5 Å². The number of benzene rings is 2. The zero-order valence-electron chi connectivity index (χ0n) is 17.5. The Morgan fingerprint density at radius 2 is 1.42 bits per heavy atom. The maximum Gasteiger partial charge on any atom is 0.460 e. The first-order valence-corrected chi connectivity index (χ1v) is 11.9. The van der Waals surface area contributed by atoms with E-state index in [9.17, 15) is 57.5 Å². The fraction of sp³-hybridized carbons (Fsp3) is 0.368. The van der Waals surface area contributed by atoms with E-state index in [1.165, 1.54) is 30.0 Å². The van der Waals surface area contributed by atoms with Crippen molar-refractivity contribution in [3.63, 3.8) is 0 Å². The Labute approximate surface area is 200 Å². The van der Waals surface area contributed by atoms with Crippen LogP contribution in [-0.4, -0.2) is 54.3 Å². The summed E-state index contributed by atoms with van der Waals surface area (Å²) in [5.74, 6) is -18.1. The van der Waals surface area contributed by atoms with E-state index in [1.807, 2.05) is 6.92 Å². The molecule has 0 N–H and O–H groups in total. The van der Waals surface area contributed by atoms with Crippen molar-refractivity contribution in [3.05, 3.63) is 41.5 Å². The molecule has 36 heavy (non-hydrogen) atoms. The van der Waals surface area contributed by atoms with Crippen molar-refractivity contribution in [1.29, 1.82) is 0 Å². The summed E-state index contributed by atoms with van der Waals surface area (Å²) in [7, 11) is -7.50. The van der Waals surface area contributed by atoms with E-state index in [2.05, 4.69) is 4.28 Å². The van der Waals surface area contributed by atoms with E-state index in [0.717, 1.165) is 18.6 Å². The fourth-order valence-corrected chi connectivity index (χ4v) is 4.90. The number of hydrogen-bond acceptors (Lipinski definition) is 6. The summed E-state index contributed by atoms with van der Waals surface area (Å²) in [4.78, 5) is 26.0. The van der Waals surface area contributed by atoms with Gasteiger partial charge < -0.3 is 0 Å². The van der Waals surface area contributed by atoms with E-state index in [-0.39, 0.29) is 5.39 Å². The van der Waals surface area contributed by atoms with Crippen LogP contribution in [0.2, 0.25) is 0 Å². The fourth-order valence-electron chi connectivity index (χ4n) is 3.12. The molecule has 0 saturated carbocycles. The van der Waals surface area contributed by atoms with Crippen molar-refractivity contribution in [3.8, 4) is 0 Å². The first-order valence-electron chi connectivity index (χ1n) is 9.55. The Morgan fingerprint density at radius 3 is 1.94 bits per heavy atom. The Kier molecular flexibility index (Phi) is 6.85. The molecule has 0 atom stereocenters. The lowest BCUT2D eigenvalue weighted by Crippen LogP contribution is -2.64. The molecule has 0 aromatic heterocycles. The Bertz CT molecular complexity index is 1320. The topological polar surface area (TPSA) is 80.8 Å². The summed E-state index contributed by atoms with van der Waals surface area (Å²) in [6.07, 6.45) is -6.56. The number of hydroxylamine groups is 2. The molecule has 0 aliphatic carbocycles. The molecule has 1 aliphatic heterocycles. The SMILES string of the molecule is CCCSc1ccc2c3c(cccc13)C(=O)N(OS(=O)(=O)C(F)(F)C(F)(F)C(F)(F)C(F)(F)F)C2=O. The number of amides is 2. The van der Waals surface area contributed by atoms with Crippen LogP contribution in [-0.2, 0) is 14.4 Å². The van der Waals surface area contributed by atoms with Gasteiger partial charge in [0.15, 0.2) is 0 Å². The van der Waals surface area contributed by atoms with Crippen molar-refractivity contribution in [2.24, 2.45) is 0 Å². The predicted molar refractivity (Wildman–Crippen MR) is 106 cm³/mol. The third kappa shape index (κ3) is 4.00. The highest BCUT2D eigenvalue weighted by Crippen LogP contribution is 2.55. The number of halogens is 9. The molecule has 2 aromatic rings. The number of nitrogens with zero attached hydrogens (tertiary/aromatic N) is 1. The van der Waals surface area contributed by atoms with Crippen LogP contribution in [0.4, 0.5) is 39.5 Å². The Hall–Kier alpha value is -2.53. The minimum Gasteiger partial charge on any atom is -0.266 e. The average Bonchev–Trinajstić information content (AvgIpc) is 2.77. The third-order valence-corrected chi connectivity index (χ3v) is 7.40. The van der Waals surface area contributed by atoms with Gasteiger partial charge in [-0.3, -0.25) is 9.59 Å². The van der Waals surface area contributed by atoms with Gasteiger partial charge in [0.1, 0.15) is 0 Å². The minimum absolute atomic E-state index is 0.0634. The number of carbonyl (C=O) groups excluding carboxylic acids is 2. The average molecular weight is 569 g/mol. The zero-order valence-corrected chi connectivity index (χ0v) is 19.1. The lowest BCUT2D eigenvalue weighted by molar-refractivity contribution is -0.383. The van der Waals surface area contributed by atoms with Crippen molar-refractivity contribution in [2.75, 3.05) is 5.75 Å². The van der Waals surface area contributed by atoms with Crippen LogP contribution in [0.1, 0.15) is 34.1 Å². The monoisotopic (exact) mass is 569 g/mol. The molecule has 1 heterocycles. The van der Waals surface area contributed by atoms with Gasteiger partial charge in [-0.05, 0) is 35.8 Å². The highest BCUT2D eigenvalue weighted by molar-refractivity contribution is 7.99. The molecule has 2 amide bonds. The molecular weight excluding hydrogens is 557 g/mol. The number of alkyl halides is 9. The van der Waals surface area contributed by atoms with Crippen LogP contribution in [0.3, 0.4) is 0 Å². The first kappa shape index (κ1) is 28.0. The highest BCUT2D eigenvalue weighted by atomic mass is 32.2. The van der Waals surface area contributed by atoms with E-state index >= 15 is 0 Å². The smallest absolute Gasteiger partial charge is 0.266 e. The Balaban J connectivity index is 2.06. The summed E-state index contributed by atoms with van der Waals surface area (Å²) in [5.41, 5.74) is -1.01. The second-order valence-corrected chi connectivity index (χ2v) is 9.99. The first-order chi connectivity index (χ1) is 16.3. The van der Waals surface area contributed by atoms with Crippen LogP contribution >= 0.6 is 11.8 Å². The summed E-state index contributed by atoms with van der Waals surface area (Å²) in [5, 5.41) is -7.91. The summed E-state index contributed by atoms with van der Waals surface area (Å²) in [6.45, 7) is 1.87. The van der Waals surface area contributed by atoms with E-state index in [0.29, 0.717) is 16.0 Å². The lowest BCUT2D eigenvalue weighted by atomic mass is 9.95. The van der Waals surface area contributed by atoms with Crippen LogP contribution in [0.25, 0.3) is 10.8 Å². The van der Waals surface area contributed by atoms with Gasteiger partial charge in [-0.25, -0.2) is 0 Å². The number of rotatable bonds is 8. The van der Waals surface area contributed by atoms with E-state index in [1.54, 1.807) is 0 Å². The van der Waals surface area contributed by atoms with Crippen molar-refractivity contribution < 1.29 is 61.8 Å². The molecule has 0 radical (unpaired) electrons. The van der Waals surface area contributed by atoms with Gasteiger partial charge in [0.25, 0.3) is 11.8 Å². The molecule has 17 heteroatoms. The molecule has 198 valence electrons. The van der Waals surface area contributed by atoms with Gasteiger partial charge in [0, 0.05) is 10.3 Å². The van der Waals surface area contributed by atoms with Crippen LogP contribution in [0.5, 0.6) is 0 Å². The maximum atomic E-state index is 14.0. The quantitative estimate of drug-likeness (QED) is 0.233. The molecule has 0 fully saturated rings. The van der Waals surface area contributed by atoms with Crippen molar-refractivity contribution >= 4 is 44.5 Å². The molecule has 0 saturated heterocycles. The third-order valence-electron chi connectivity index (χ3n) is 4.89. The Morgan fingerprint density at radius 1 is 0.861 bits per heavy atom. The second kappa shape index (κ2) is 8.79. The van der Waals surface area contributed by atoms with Crippen LogP contribution < -0.4 is 0 Å². The lowest BCUT2D eigenvalue weighted by Gasteiger charge is -2.33. The molecule has 6 nitrogen and oxygen atoms in total. The molecule has 3 rings (SSSR count). The highest BCUT2D eigenvalue weighted by Gasteiger charge is 2.86. The van der Waals surface area contributed by atoms with Gasteiger partial charge >= 0.3 is 33.4 Å². The number of carbonyl (C=O) groups is 2. The maximum absolute atomic E-state index is 14.0. The van der Waals surface area contributed by atoms with E-state index < -0.39 is 61.4 Å². The van der Waals surface area contributed by atoms with Crippen LogP contribution in [0, 0.1) is 0 Å². The van der Waals surface area contributed by atoms with Gasteiger partial charge in [-0.15, -0.1) is 21.1 Å². The molecule has 0 spiro atoms. The molecule has 0 bridgehead atoms. The second-order valence-electron chi connectivity index (χ2n) is 7.28. The summed E-state index contributed by atoms with van der Waals surface area (Å²) < 4.78 is 146. The molecular formula is C19H12F9NO5S2. The van der Waals surface area contributed by atoms with E-state index in [4.69, 9.17) is 0 Å². The summed E-state index contributed by atoms with van der Waals surface area (Å²) in [6, 6.07) is 6.13. The van der Waals surface area contributed by atoms with Crippen LogP contribution in [0.15, 0.2) is 35.2 Å². The standard InChI is InChI=1S/C19H12F9NO5S2/c1-2-8-35-12-7-6-11-13-9(12)4-3-5-10(13)14(30)29(15(11)31)34-36(32,33)19(27,28)17(22,23)16(20,21)18(24,25)26/h3-7H,2,8H2,1H3. The number of thioether (sulfide) groups is 1. The normalized spacial score (nSPS) is 15.7.